The molecular weight excluding hydrogens is 326 g/mol. The van der Waals surface area contributed by atoms with E-state index in [1.54, 1.807) is 16.9 Å². The molecule has 1 aliphatic rings. The number of nitrogens with zero attached hydrogens (tertiary/aromatic N) is 2. The highest BCUT2D eigenvalue weighted by atomic mass is 35.5. The molecular formula is C15H17ClF2N4O. The minimum atomic E-state index is -1.00. The second-order valence-electron chi connectivity index (χ2n) is 5.26. The van der Waals surface area contributed by atoms with Gasteiger partial charge in [-0.25, -0.2) is 8.78 Å². The average molecular weight is 343 g/mol. The van der Waals surface area contributed by atoms with Crippen LogP contribution in [0.3, 0.4) is 0 Å². The molecule has 0 bridgehead atoms. The number of piperidine rings is 1. The zero-order valence-corrected chi connectivity index (χ0v) is 13.1. The van der Waals surface area contributed by atoms with Crippen molar-refractivity contribution >= 4 is 24.0 Å². The van der Waals surface area contributed by atoms with Gasteiger partial charge in [0, 0.05) is 24.5 Å². The maximum atomic E-state index is 13.1. The van der Waals surface area contributed by atoms with Gasteiger partial charge >= 0.3 is 0 Å². The third-order valence-corrected chi connectivity index (χ3v) is 3.66. The molecule has 5 nitrogen and oxygen atoms in total. The Balaban J connectivity index is 0.00000192. The average Bonchev–Trinajstić information content (AvgIpc) is 3.02. The van der Waals surface area contributed by atoms with E-state index in [-0.39, 0.29) is 29.8 Å². The summed E-state index contributed by atoms with van der Waals surface area (Å²) in [7, 11) is 0. The first-order chi connectivity index (χ1) is 10.6. The number of aromatic nitrogens is 2. The van der Waals surface area contributed by atoms with E-state index in [0.717, 1.165) is 38.1 Å². The van der Waals surface area contributed by atoms with Gasteiger partial charge < -0.3 is 10.6 Å². The van der Waals surface area contributed by atoms with Gasteiger partial charge in [-0.05, 0) is 37.6 Å². The van der Waals surface area contributed by atoms with Crippen LogP contribution in [0.5, 0.6) is 0 Å². The van der Waals surface area contributed by atoms with Crippen LogP contribution in [0.4, 0.5) is 14.5 Å². The third-order valence-electron chi connectivity index (χ3n) is 3.66. The molecule has 1 aliphatic heterocycles. The van der Waals surface area contributed by atoms with Crippen molar-refractivity contribution in [2.75, 3.05) is 18.4 Å². The highest BCUT2D eigenvalue weighted by Gasteiger charge is 2.18. The Morgan fingerprint density at radius 1 is 1.30 bits per heavy atom. The van der Waals surface area contributed by atoms with E-state index in [1.807, 2.05) is 0 Å². The molecule has 0 aliphatic carbocycles. The van der Waals surface area contributed by atoms with Crippen molar-refractivity contribution in [3.05, 3.63) is 47.8 Å². The lowest BCUT2D eigenvalue weighted by Gasteiger charge is -2.22. The molecule has 23 heavy (non-hydrogen) atoms. The first-order valence-electron chi connectivity index (χ1n) is 7.16. The predicted octanol–water partition coefficient (Wildman–Crippen LogP) is 2.76. The number of hydrogen-bond donors (Lipinski definition) is 2. The number of benzene rings is 1. The molecule has 1 fully saturated rings. The molecule has 0 spiro atoms. The number of amides is 1. The number of halogens is 3. The molecule has 124 valence electrons. The van der Waals surface area contributed by atoms with Crippen LogP contribution >= 0.6 is 12.4 Å². The lowest BCUT2D eigenvalue weighted by Crippen LogP contribution is -2.32. The normalized spacial score (nSPS) is 17.4. The summed E-state index contributed by atoms with van der Waals surface area (Å²) in [5.41, 5.74) is 0.438. The summed E-state index contributed by atoms with van der Waals surface area (Å²) in [6.45, 7) is 1.83. The second kappa shape index (κ2) is 7.52. The number of hydrogen-bond acceptors (Lipinski definition) is 3. The summed E-state index contributed by atoms with van der Waals surface area (Å²) >= 11 is 0. The number of carbonyl (C=O) groups excluding carboxylic acids is 1. The van der Waals surface area contributed by atoms with Crippen molar-refractivity contribution in [1.29, 1.82) is 0 Å². The zero-order chi connectivity index (χ0) is 15.5. The van der Waals surface area contributed by atoms with Gasteiger partial charge in [0.15, 0.2) is 17.3 Å². The fourth-order valence-corrected chi connectivity index (χ4v) is 2.49. The van der Waals surface area contributed by atoms with E-state index >= 15 is 0 Å². The summed E-state index contributed by atoms with van der Waals surface area (Å²) in [6.07, 6.45) is 3.84. The summed E-state index contributed by atoms with van der Waals surface area (Å²) < 4.78 is 27.8. The second-order valence-corrected chi connectivity index (χ2v) is 5.26. The van der Waals surface area contributed by atoms with Crippen molar-refractivity contribution in [3.8, 4) is 0 Å². The number of anilines is 1. The fourth-order valence-electron chi connectivity index (χ4n) is 2.49. The molecule has 3 rings (SSSR count). The van der Waals surface area contributed by atoms with Gasteiger partial charge in [-0.3, -0.25) is 9.48 Å². The van der Waals surface area contributed by atoms with Gasteiger partial charge in [-0.15, -0.1) is 12.4 Å². The lowest BCUT2D eigenvalue weighted by molar-refractivity contribution is 0.102. The first-order valence-corrected chi connectivity index (χ1v) is 7.16. The summed E-state index contributed by atoms with van der Waals surface area (Å²) in [6, 6.07) is 5.06. The molecule has 2 heterocycles. The summed E-state index contributed by atoms with van der Waals surface area (Å²) in [4.78, 5) is 12.1. The van der Waals surface area contributed by atoms with Crippen LogP contribution in [0.2, 0.25) is 0 Å². The van der Waals surface area contributed by atoms with Gasteiger partial charge in [0.2, 0.25) is 0 Å². The SMILES string of the molecule is Cl.O=C(Nc1ccc(F)c(F)c1)c1ccn(C2CCCNC2)n1. The first kappa shape index (κ1) is 17.4. The standard InChI is InChI=1S/C15H16F2N4O.ClH/c16-12-4-3-10(8-13(12)17)19-15(22)14-5-7-21(20-14)11-2-1-6-18-9-11;/h3-5,7-8,11,18H,1-2,6,9H2,(H,19,22);1H. The van der Waals surface area contributed by atoms with Crippen molar-refractivity contribution in [1.82, 2.24) is 15.1 Å². The van der Waals surface area contributed by atoms with E-state index in [2.05, 4.69) is 15.7 Å². The molecule has 0 radical (unpaired) electrons. The summed E-state index contributed by atoms with van der Waals surface area (Å²) in [5.74, 6) is -2.41. The largest absolute Gasteiger partial charge is 0.320 e. The van der Waals surface area contributed by atoms with E-state index < -0.39 is 17.5 Å². The van der Waals surface area contributed by atoms with E-state index in [1.165, 1.54) is 6.07 Å². The lowest BCUT2D eigenvalue weighted by atomic mass is 10.1. The van der Waals surface area contributed by atoms with Crippen LogP contribution in [0.15, 0.2) is 30.5 Å². The third kappa shape index (κ3) is 4.05. The van der Waals surface area contributed by atoms with E-state index in [4.69, 9.17) is 0 Å². The quantitative estimate of drug-likeness (QED) is 0.901. The molecule has 1 amide bonds. The molecule has 1 saturated heterocycles. The Bertz CT molecular complexity index is 686. The van der Waals surface area contributed by atoms with Gasteiger partial charge in [-0.2, -0.15) is 5.10 Å². The highest BCUT2D eigenvalue weighted by molar-refractivity contribution is 6.02. The minimum absolute atomic E-state index is 0. The van der Waals surface area contributed by atoms with Crippen LogP contribution < -0.4 is 10.6 Å². The van der Waals surface area contributed by atoms with Gasteiger partial charge in [0.25, 0.3) is 5.91 Å². The molecule has 1 aromatic heterocycles. The zero-order valence-electron chi connectivity index (χ0n) is 12.3. The van der Waals surface area contributed by atoms with E-state index in [0.29, 0.717) is 0 Å². The number of nitrogens with one attached hydrogen (secondary N) is 2. The highest BCUT2D eigenvalue weighted by Crippen LogP contribution is 2.17. The maximum Gasteiger partial charge on any atom is 0.276 e. The fraction of sp³-hybridized carbons (Fsp3) is 0.333. The molecule has 1 atom stereocenters. The monoisotopic (exact) mass is 342 g/mol. The van der Waals surface area contributed by atoms with Gasteiger partial charge in [-0.1, -0.05) is 0 Å². The van der Waals surface area contributed by atoms with Crippen molar-refractivity contribution in [2.45, 2.75) is 18.9 Å². The van der Waals surface area contributed by atoms with Gasteiger partial charge in [0.1, 0.15) is 0 Å². The number of carbonyl (C=O) groups is 1. The Morgan fingerprint density at radius 3 is 2.83 bits per heavy atom. The topological polar surface area (TPSA) is 59.0 Å². The van der Waals surface area contributed by atoms with Gasteiger partial charge in [0.05, 0.1) is 6.04 Å². The molecule has 2 N–H and O–H groups in total. The maximum absolute atomic E-state index is 13.1. The molecule has 0 saturated carbocycles. The van der Waals surface area contributed by atoms with Crippen LogP contribution in [-0.2, 0) is 0 Å². The predicted molar refractivity (Wildman–Crippen MR) is 84.9 cm³/mol. The van der Waals surface area contributed by atoms with Crippen LogP contribution in [0.1, 0.15) is 29.4 Å². The minimum Gasteiger partial charge on any atom is -0.320 e. The Hall–Kier alpha value is -1.99. The van der Waals surface area contributed by atoms with Crippen molar-refractivity contribution in [2.24, 2.45) is 0 Å². The van der Waals surface area contributed by atoms with Crippen LogP contribution in [0.25, 0.3) is 0 Å². The van der Waals surface area contributed by atoms with Crippen molar-refractivity contribution in [3.63, 3.8) is 0 Å². The number of rotatable bonds is 3. The molecule has 2 aromatic rings. The Kier molecular flexibility index (Phi) is 5.68. The Morgan fingerprint density at radius 2 is 2.13 bits per heavy atom. The molecule has 8 heteroatoms. The molecule has 1 aromatic carbocycles. The smallest absolute Gasteiger partial charge is 0.276 e. The Labute approximate surface area is 138 Å². The molecule has 1 unspecified atom stereocenters. The van der Waals surface area contributed by atoms with Crippen LogP contribution in [0, 0.1) is 11.6 Å². The summed E-state index contributed by atoms with van der Waals surface area (Å²) in [5, 5.41) is 10.1. The van der Waals surface area contributed by atoms with E-state index in [9.17, 15) is 13.6 Å². The van der Waals surface area contributed by atoms with Crippen molar-refractivity contribution < 1.29 is 13.6 Å². The van der Waals surface area contributed by atoms with Crippen LogP contribution in [-0.4, -0.2) is 28.8 Å².